The zero-order valence-corrected chi connectivity index (χ0v) is 14.0. The summed E-state index contributed by atoms with van der Waals surface area (Å²) in [4.78, 5) is 0. The summed E-state index contributed by atoms with van der Waals surface area (Å²) < 4.78 is 3.27. The Labute approximate surface area is 128 Å². The molecule has 0 fully saturated rings. The maximum Gasteiger partial charge on any atom is 0.0543 e. The van der Waals surface area contributed by atoms with E-state index in [2.05, 4.69) is 85.1 Å². The lowest BCUT2D eigenvalue weighted by Crippen LogP contribution is -2.21. The summed E-state index contributed by atoms with van der Waals surface area (Å²) in [5.74, 6) is 0. The van der Waals surface area contributed by atoms with Crippen LogP contribution in [0.15, 0.2) is 30.6 Å². The molecule has 0 spiro atoms. The second-order valence-corrected chi connectivity index (χ2v) is 7.02. The molecule has 3 nitrogen and oxygen atoms in total. The molecule has 1 N–H and O–H groups in total. The van der Waals surface area contributed by atoms with Gasteiger partial charge in [0.2, 0.25) is 0 Å². The van der Waals surface area contributed by atoms with Crippen molar-refractivity contribution in [2.24, 2.45) is 0 Å². The molecule has 0 aliphatic carbocycles. The first-order chi connectivity index (χ1) is 8.86. The minimum absolute atomic E-state index is 0.0387. The number of benzene rings is 1. The molecule has 0 saturated heterocycles. The lowest BCUT2D eigenvalue weighted by molar-refractivity contribution is 0.355. The molecule has 0 aliphatic rings. The summed E-state index contributed by atoms with van der Waals surface area (Å²) in [6.45, 7) is 9.39. The van der Waals surface area contributed by atoms with Crippen LogP contribution in [0.4, 0.5) is 5.69 Å². The molecule has 2 rings (SSSR count). The third-order valence-corrected chi connectivity index (χ3v) is 3.67. The summed E-state index contributed by atoms with van der Waals surface area (Å²) in [6, 6.07) is 6.43. The smallest absolute Gasteiger partial charge is 0.0543 e. The van der Waals surface area contributed by atoms with Gasteiger partial charge < -0.3 is 5.32 Å². The maximum absolute atomic E-state index is 4.41. The van der Waals surface area contributed by atoms with Crippen LogP contribution in [0, 0.1) is 10.5 Å². The van der Waals surface area contributed by atoms with Crippen molar-refractivity contribution in [3.05, 3.63) is 45.3 Å². The van der Waals surface area contributed by atoms with Gasteiger partial charge in [-0.3, -0.25) is 4.68 Å². The largest absolute Gasteiger partial charge is 0.381 e. The lowest BCUT2D eigenvalue weighted by Gasteiger charge is -2.18. The number of rotatable bonds is 3. The van der Waals surface area contributed by atoms with Crippen molar-refractivity contribution in [2.45, 2.75) is 39.8 Å². The second kappa shape index (κ2) is 5.53. The molecular formula is C15H20IN3. The molecule has 0 aliphatic heterocycles. The minimum atomic E-state index is 0.0387. The summed E-state index contributed by atoms with van der Waals surface area (Å²) in [5, 5.41) is 7.88. The van der Waals surface area contributed by atoms with E-state index in [-0.39, 0.29) is 5.54 Å². The number of nitrogens with one attached hydrogen (secondary N) is 1. The molecule has 1 aromatic carbocycles. The van der Waals surface area contributed by atoms with E-state index in [4.69, 9.17) is 0 Å². The number of aromatic nitrogens is 2. The number of nitrogens with zero attached hydrogens (tertiary/aromatic N) is 2. The molecule has 1 heterocycles. The van der Waals surface area contributed by atoms with Crippen LogP contribution in [-0.2, 0) is 12.1 Å². The predicted molar refractivity (Wildman–Crippen MR) is 88.4 cm³/mol. The molecule has 0 amide bonds. The normalized spacial score (nSPS) is 11.6. The van der Waals surface area contributed by atoms with Gasteiger partial charge in [0.25, 0.3) is 0 Å². The van der Waals surface area contributed by atoms with Crippen molar-refractivity contribution in [3.63, 3.8) is 0 Å². The van der Waals surface area contributed by atoms with E-state index >= 15 is 0 Å². The van der Waals surface area contributed by atoms with E-state index in [9.17, 15) is 0 Å². The highest BCUT2D eigenvalue weighted by Gasteiger charge is 2.13. The summed E-state index contributed by atoms with van der Waals surface area (Å²) in [6.07, 6.45) is 4.04. The number of aryl methyl sites for hydroxylation is 1. The summed E-state index contributed by atoms with van der Waals surface area (Å²) in [5.41, 5.74) is 3.70. The molecule has 0 atom stereocenters. The van der Waals surface area contributed by atoms with Crippen LogP contribution in [-0.4, -0.2) is 9.78 Å². The molecule has 19 heavy (non-hydrogen) atoms. The minimum Gasteiger partial charge on any atom is -0.381 e. The summed E-state index contributed by atoms with van der Waals surface area (Å²) >= 11 is 2.33. The van der Waals surface area contributed by atoms with Crippen molar-refractivity contribution >= 4 is 28.3 Å². The van der Waals surface area contributed by atoms with E-state index < -0.39 is 0 Å². The lowest BCUT2D eigenvalue weighted by atomic mass is 10.1. The van der Waals surface area contributed by atoms with Gasteiger partial charge in [-0.1, -0.05) is 0 Å². The van der Waals surface area contributed by atoms with Gasteiger partial charge in [-0.2, -0.15) is 5.10 Å². The average Bonchev–Trinajstić information content (AvgIpc) is 2.76. The van der Waals surface area contributed by atoms with Crippen molar-refractivity contribution in [3.8, 4) is 0 Å². The van der Waals surface area contributed by atoms with Crippen molar-refractivity contribution in [2.75, 3.05) is 5.32 Å². The number of halogens is 1. The first kappa shape index (κ1) is 14.4. The third-order valence-electron chi connectivity index (χ3n) is 2.99. The standard InChI is InChI=1S/C15H20IN3/c1-11-7-13(16)5-6-14(11)17-8-12-9-18-19(10-12)15(2,3)4/h5-7,9-10,17H,8H2,1-4H3. The number of anilines is 1. The average molecular weight is 369 g/mol. The van der Waals surface area contributed by atoms with Crippen LogP contribution in [0.1, 0.15) is 31.9 Å². The highest BCUT2D eigenvalue weighted by Crippen LogP contribution is 2.19. The first-order valence-electron chi connectivity index (χ1n) is 6.40. The van der Waals surface area contributed by atoms with Gasteiger partial charge >= 0.3 is 0 Å². The van der Waals surface area contributed by atoms with Crippen LogP contribution < -0.4 is 5.32 Å². The van der Waals surface area contributed by atoms with E-state index in [1.165, 1.54) is 20.4 Å². The Morgan fingerprint density at radius 3 is 2.63 bits per heavy atom. The summed E-state index contributed by atoms with van der Waals surface area (Å²) in [7, 11) is 0. The van der Waals surface area contributed by atoms with Gasteiger partial charge in [0.15, 0.2) is 0 Å². The van der Waals surface area contributed by atoms with Crippen LogP contribution >= 0.6 is 22.6 Å². The molecule has 102 valence electrons. The predicted octanol–water partition coefficient (Wildman–Crippen LogP) is 4.16. The number of hydrogen-bond donors (Lipinski definition) is 1. The van der Waals surface area contributed by atoms with Crippen molar-refractivity contribution in [1.29, 1.82) is 0 Å². The van der Waals surface area contributed by atoms with Gasteiger partial charge in [0, 0.05) is 27.6 Å². The highest BCUT2D eigenvalue weighted by molar-refractivity contribution is 14.1. The molecular weight excluding hydrogens is 349 g/mol. The Balaban J connectivity index is 2.04. The Morgan fingerprint density at radius 1 is 1.32 bits per heavy atom. The fourth-order valence-corrected chi connectivity index (χ4v) is 2.49. The van der Waals surface area contributed by atoms with Crippen LogP contribution in [0.25, 0.3) is 0 Å². The van der Waals surface area contributed by atoms with Crippen molar-refractivity contribution in [1.82, 2.24) is 9.78 Å². The van der Waals surface area contributed by atoms with Gasteiger partial charge in [-0.05, 0) is 74.0 Å². The molecule has 0 bridgehead atoms. The monoisotopic (exact) mass is 369 g/mol. The molecule has 0 unspecified atom stereocenters. The van der Waals surface area contributed by atoms with Crippen LogP contribution in [0.3, 0.4) is 0 Å². The van der Waals surface area contributed by atoms with Crippen LogP contribution in [0.5, 0.6) is 0 Å². The van der Waals surface area contributed by atoms with E-state index in [0.29, 0.717) is 0 Å². The molecule has 0 saturated carbocycles. The van der Waals surface area contributed by atoms with Gasteiger partial charge in [-0.15, -0.1) is 0 Å². The highest BCUT2D eigenvalue weighted by atomic mass is 127. The Morgan fingerprint density at radius 2 is 2.05 bits per heavy atom. The third kappa shape index (κ3) is 3.72. The van der Waals surface area contributed by atoms with E-state index in [0.717, 1.165) is 6.54 Å². The van der Waals surface area contributed by atoms with Gasteiger partial charge in [0.05, 0.1) is 11.7 Å². The quantitative estimate of drug-likeness (QED) is 0.824. The maximum atomic E-state index is 4.41. The Hall–Kier alpha value is -1.04. The van der Waals surface area contributed by atoms with Crippen molar-refractivity contribution < 1.29 is 0 Å². The van der Waals surface area contributed by atoms with E-state index in [1.807, 2.05) is 10.9 Å². The fourth-order valence-electron chi connectivity index (χ4n) is 1.84. The molecule has 1 aromatic heterocycles. The SMILES string of the molecule is Cc1cc(I)ccc1NCc1cnn(C(C)(C)C)c1. The topological polar surface area (TPSA) is 29.9 Å². The fraction of sp³-hybridized carbons (Fsp3) is 0.400. The van der Waals surface area contributed by atoms with Gasteiger partial charge in [-0.25, -0.2) is 0 Å². The second-order valence-electron chi connectivity index (χ2n) is 5.78. The Bertz CT molecular complexity index is 567. The zero-order valence-electron chi connectivity index (χ0n) is 11.9. The molecule has 2 aromatic rings. The Kier molecular flexibility index (Phi) is 4.18. The van der Waals surface area contributed by atoms with Crippen LogP contribution in [0.2, 0.25) is 0 Å². The first-order valence-corrected chi connectivity index (χ1v) is 7.48. The molecule has 4 heteroatoms. The van der Waals surface area contributed by atoms with Gasteiger partial charge in [0.1, 0.15) is 0 Å². The number of hydrogen-bond acceptors (Lipinski definition) is 2. The van der Waals surface area contributed by atoms with E-state index in [1.54, 1.807) is 0 Å². The zero-order chi connectivity index (χ0) is 14.0. The molecule has 0 radical (unpaired) electrons.